The predicted molar refractivity (Wildman–Crippen MR) is 128 cm³/mol. The summed E-state index contributed by atoms with van der Waals surface area (Å²) >= 11 is 6.28. The highest BCUT2D eigenvalue weighted by atomic mass is 35.5. The van der Waals surface area contributed by atoms with E-state index in [-0.39, 0.29) is 36.9 Å². The molecule has 1 saturated carbocycles. The maximum Gasteiger partial charge on any atom is 0.262 e. The van der Waals surface area contributed by atoms with Gasteiger partial charge in [-0.05, 0) is 63.1 Å². The first kappa shape index (κ1) is 25.3. The second kappa shape index (κ2) is 8.87. The zero-order valence-corrected chi connectivity index (χ0v) is 21.6. The summed E-state index contributed by atoms with van der Waals surface area (Å²) in [6, 6.07) is 1.73. The molecule has 0 N–H and O–H groups in total. The summed E-state index contributed by atoms with van der Waals surface area (Å²) in [5, 5.41) is 13.8. The summed E-state index contributed by atoms with van der Waals surface area (Å²) in [4.78, 5) is 12.8. The van der Waals surface area contributed by atoms with E-state index < -0.39 is 17.2 Å². The summed E-state index contributed by atoms with van der Waals surface area (Å²) in [6.07, 6.45) is 5.15. The first-order valence-electron chi connectivity index (χ1n) is 12.5. The summed E-state index contributed by atoms with van der Waals surface area (Å²) in [6.45, 7) is 7.17. The van der Waals surface area contributed by atoms with Gasteiger partial charge < -0.3 is 19.3 Å². The van der Waals surface area contributed by atoms with Crippen molar-refractivity contribution in [2.45, 2.75) is 75.8 Å². The third-order valence-corrected chi connectivity index (χ3v) is 8.78. The van der Waals surface area contributed by atoms with Gasteiger partial charge in [-0.3, -0.25) is 4.90 Å². The van der Waals surface area contributed by atoms with Crippen LogP contribution in [0.4, 0.5) is 8.78 Å². The first-order chi connectivity index (χ1) is 16.4. The van der Waals surface area contributed by atoms with Gasteiger partial charge in [0.2, 0.25) is 0 Å². The van der Waals surface area contributed by atoms with Crippen LogP contribution in [0.15, 0.2) is 18.6 Å². The molecular weight excluding hydrogens is 476 g/mol. The van der Waals surface area contributed by atoms with E-state index in [1.165, 1.54) is 20.2 Å². The average molecular weight is 511 g/mol. The van der Waals surface area contributed by atoms with Crippen molar-refractivity contribution < 1.29 is 18.6 Å². The van der Waals surface area contributed by atoms with E-state index in [0.29, 0.717) is 23.8 Å². The first-order valence-corrected chi connectivity index (χ1v) is 12.9. The van der Waals surface area contributed by atoms with E-state index in [1.54, 1.807) is 0 Å². The summed E-state index contributed by atoms with van der Waals surface area (Å²) in [7, 11) is 2.05. The molecule has 2 aromatic rings. The lowest BCUT2D eigenvalue weighted by atomic mass is 9.83. The molecule has 10 heteroatoms. The van der Waals surface area contributed by atoms with E-state index in [4.69, 9.17) is 16.3 Å². The minimum atomic E-state index is -2.67. The molecule has 0 aromatic carbocycles. The van der Waals surface area contributed by atoms with Gasteiger partial charge in [0.05, 0.1) is 24.1 Å². The molecule has 2 saturated heterocycles. The monoisotopic (exact) mass is 510 g/mol. The number of alkyl halides is 2. The number of ether oxygens (including phenoxy) is 1. The normalized spacial score (nSPS) is 31.7. The Labute approximate surface area is 210 Å². The van der Waals surface area contributed by atoms with Crippen LogP contribution in [-0.2, 0) is 4.74 Å². The number of piperidine rings is 1. The van der Waals surface area contributed by atoms with Gasteiger partial charge in [0, 0.05) is 24.7 Å². The molecule has 0 bridgehead atoms. The number of hydrogen-bond donors (Lipinski definition) is 0. The minimum Gasteiger partial charge on any atom is -0.829 e. The van der Waals surface area contributed by atoms with Crippen molar-refractivity contribution in [3.05, 3.63) is 23.7 Å². The lowest BCUT2D eigenvalue weighted by molar-refractivity contribution is -0.550. The van der Waals surface area contributed by atoms with Crippen molar-refractivity contribution in [2.75, 3.05) is 33.2 Å². The molecule has 4 atom stereocenters. The molecule has 3 aliphatic rings. The van der Waals surface area contributed by atoms with Gasteiger partial charge in [0.15, 0.2) is 0 Å². The van der Waals surface area contributed by atoms with Crippen LogP contribution in [0.1, 0.15) is 52.5 Å². The number of nitrogens with zero attached hydrogens (tertiary/aromatic N) is 5. The van der Waals surface area contributed by atoms with E-state index in [9.17, 15) is 13.9 Å². The topological polar surface area (TPSA) is 69.5 Å². The molecule has 1 aliphatic carbocycles. The van der Waals surface area contributed by atoms with Crippen molar-refractivity contribution in [1.29, 1.82) is 0 Å². The Morgan fingerprint density at radius 1 is 1.26 bits per heavy atom. The molecule has 0 unspecified atom stereocenters. The van der Waals surface area contributed by atoms with Crippen LogP contribution in [0.2, 0.25) is 5.15 Å². The highest BCUT2D eigenvalue weighted by molar-refractivity contribution is 6.33. The quantitative estimate of drug-likeness (QED) is 0.452. The van der Waals surface area contributed by atoms with Gasteiger partial charge in [0.1, 0.15) is 17.1 Å². The van der Waals surface area contributed by atoms with Crippen LogP contribution >= 0.6 is 11.6 Å². The average Bonchev–Trinajstić information content (AvgIpc) is 3.38. The Morgan fingerprint density at radius 3 is 2.66 bits per heavy atom. The van der Waals surface area contributed by atoms with Gasteiger partial charge in [0.25, 0.3) is 5.92 Å². The smallest absolute Gasteiger partial charge is 0.262 e. The highest BCUT2D eigenvalue weighted by Crippen LogP contribution is 2.49. The number of fused-ring (bicyclic) bond motifs is 1. The second-order valence-electron chi connectivity index (χ2n) is 11.5. The molecule has 4 heterocycles. The fraction of sp³-hybridized carbons (Fsp3) is 0.760. The van der Waals surface area contributed by atoms with Crippen LogP contribution in [0.25, 0.3) is 11.0 Å². The van der Waals surface area contributed by atoms with Crippen LogP contribution in [0.3, 0.4) is 0 Å². The lowest BCUT2D eigenvalue weighted by Gasteiger charge is -2.45. The standard InChI is InChI=1S/C25H35ClF2N5O2/c1-16-17(12-32-14-25(27,28)13-24(32)6-9-31(4)10-7-24)11-19(20(16)35-23(2,3)34)33-8-5-18-21(26)29-15-30-22(18)33/h5,8,15-17,19-20H,6-7,9-14H2,1-4H3/q-1/t16-,17-,19-,20-/m1/s1. The van der Waals surface area contributed by atoms with E-state index >= 15 is 0 Å². The third-order valence-electron chi connectivity index (χ3n) is 8.48. The lowest BCUT2D eigenvalue weighted by Crippen LogP contribution is -2.52. The molecule has 1 spiro atoms. The number of halogens is 3. The SMILES string of the molecule is C[C@@H]1[C@@H](CN2CC(F)(F)CC23CCN(C)CC3)C[C@@H](n2ccc3c(Cl)ncnc32)[C@@H]1OC(C)(C)[O-]. The summed E-state index contributed by atoms with van der Waals surface area (Å²) < 4.78 is 37.6. The van der Waals surface area contributed by atoms with Crippen molar-refractivity contribution in [3.63, 3.8) is 0 Å². The fourth-order valence-corrected chi connectivity index (χ4v) is 6.87. The largest absolute Gasteiger partial charge is 0.829 e. The Balaban J connectivity index is 1.44. The molecule has 0 radical (unpaired) electrons. The zero-order valence-electron chi connectivity index (χ0n) is 20.9. The van der Waals surface area contributed by atoms with E-state index in [2.05, 4.69) is 33.7 Å². The molecular formula is C25H35ClF2N5O2-. The van der Waals surface area contributed by atoms with Gasteiger partial charge in [-0.1, -0.05) is 32.4 Å². The summed E-state index contributed by atoms with van der Waals surface area (Å²) in [5.74, 6) is -4.13. The van der Waals surface area contributed by atoms with Crippen molar-refractivity contribution >= 4 is 22.6 Å². The van der Waals surface area contributed by atoms with Crippen LogP contribution in [0, 0.1) is 11.8 Å². The Kier molecular flexibility index (Phi) is 6.40. The molecule has 194 valence electrons. The predicted octanol–water partition coefficient (Wildman–Crippen LogP) is 3.57. The van der Waals surface area contributed by atoms with E-state index in [0.717, 1.165) is 31.3 Å². The zero-order chi connectivity index (χ0) is 25.2. The van der Waals surface area contributed by atoms with Crippen molar-refractivity contribution in [3.8, 4) is 0 Å². The third kappa shape index (κ3) is 4.82. The molecule has 0 amide bonds. The van der Waals surface area contributed by atoms with Gasteiger partial charge in [-0.15, -0.1) is 0 Å². The number of likely N-dealkylation sites (tertiary alicyclic amines) is 2. The Bertz CT molecular complexity index is 1070. The van der Waals surface area contributed by atoms with Gasteiger partial charge in [-0.2, -0.15) is 0 Å². The van der Waals surface area contributed by atoms with Crippen molar-refractivity contribution in [2.24, 2.45) is 11.8 Å². The van der Waals surface area contributed by atoms with Gasteiger partial charge in [-0.25, -0.2) is 18.7 Å². The highest BCUT2D eigenvalue weighted by Gasteiger charge is 2.56. The molecule has 2 aliphatic heterocycles. The maximum absolute atomic E-state index is 14.8. The van der Waals surface area contributed by atoms with Gasteiger partial charge >= 0.3 is 0 Å². The molecule has 5 rings (SSSR count). The molecule has 3 fully saturated rings. The van der Waals surface area contributed by atoms with Crippen LogP contribution < -0.4 is 5.11 Å². The van der Waals surface area contributed by atoms with Crippen LogP contribution in [0.5, 0.6) is 0 Å². The summed E-state index contributed by atoms with van der Waals surface area (Å²) in [5.41, 5.74) is 0.239. The number of aromatic nitrogens is 3. The number of hydrogen-bond acceptors (Lipinski definition) is 6. The Hall–Kier alpha value is -1.39. The van der Waals surface area contributed by atoms with Crippen molar-refractivity contribution in [1.82, 2.24) is 24.3 Å². The Morgan fingerprint density at radius 2 is 1.97 bits per heavy atom. The maximum atomic E-state index is 14.8. The van der Waals surface area contributed by atoms with E-state index in [1.807, 2.05) is 16.8 Å². The molecule has 7 nitrogen and oxygen atoms in total. The number of rotatable bonds is 5. The minimum absolute atomic E-state index is 0.0144. The van der Waals surface area contributed by atoms with Crippen LogP contribution in [-0.4, -0.2) is 80.9 Å². The molecule has 2 aromatic heterocycles. The fourth-order valence-electron chi connectivity index (χ4n) is 6.68. The molecule has 35 heavy (non-hydrogen) atoms. The second-order valence-corrected chi connectivity index (χ2v) is 11.8.